The van der Waals surface area contributed by atoms with E-state index in [-0.39, 0.29) is 13.2 Å². The second-order valence-corrected chi connectivity index (χ2v) is 9.10. The van der Waals surface area contributed by atoms with Crippen LogP contribution in [-0.4, -0.2) is 58.9 Å². The minimum atomic E-state index is -2.23. The number of benzene rings is 1. The van der Waals surface area contributed by atoms with Gasteiger partial charge in [0.25, 0.3) is 3.79 Å². The molecule has 1 aliphatic heterocycles. The van der Waals surface area contributed by atoms with Crippen LogP contribution in [0.4, 0.5) is 0 Å². The lowest BCUT2D eigenvalue weighted by Gasteiger charge is -2.43. The van der Waals surface area contributed by atoms with Gasteiger partial charge in [0.2, 0.25) is 12.2 Å². The summed E-state index contributed by atoms with van der Waals surface area (Å²) in [4.78, 5) is 26.0. The molecule has 0 radical (unpaired) electrons. The van der Waals surface area contributed by atoms with Crippen LogP contribution in [0.2, 0.25) is 0 Å². The van der Waals surface area contributed by atoms with Crippen LogP contribution in [0.25, 0.3) is 10.4 Å². The largest absolute Gasteiger partial charge is 0.463 e. The van der Waals surface area contributed by atoms with E-state index in [2.05, 4.69) is 10.0 Å². The first-order valence-corrected chi connectivity index (χ1v) is 10.6. The Balaban J connectivity index is 2.42. The maximum absolute atomic E-state index is 11.8. The van der Waals surface area contributed by atoms with E-state index in [1.165, 1.54) is 13.8 Å². The Morgan fingerprint density at radius 1 is 1.15 bits per heavy atom. The topological polar surface area (TPSA) is 153 Å². The van der Waals surface area contributed by atoms with Crippen LogP contribution in [0.15, 0.2) is 35.4 Å². The number of carbonyl (C=O) groups excluding carboxylic acids is 2. The fraction of sp³-hybridized carbons (Fsp3) is 0.526. The molecular weight excluding hydrogens is 503 g/mol. The van der Waals surface area contributed by atoms with Gasteiger partial charge in [-0.25, -0.2) is 0 Å². The number of alkyl halides is 3. The number of carbonyl (C=O) groups is 2. The molecule has 1 N–H and O–H groups in total. The van der Waals surface area contributed by atoms with Gasteiger partial charge in [0.15, 0.2) is 6.10 Å². The number of azide groups is 1. The fourth-order valence-electron chi connectivity index (χ4n) is 2.98. The zero-order chi connectivity index (χ0) is 24.6. The molecule has 0 unspecified atom stereocenters. The van der Waals surface area contributed by atoms with Crippen molar-refractivity contribution in [1.82, 2.24) is 0 Å². The summed E-state index contributed by atoms with van der Waals surface area (Å²) in [5, 5.41) is 11.5. The first kappa shape index (κ1) is 27.0. The van der Waals surface area contributed by atoms with Gasteiger partial charge in [-0.05, 0) is 11.1 Å². The number of hydrogen-bond donors (Lipinski definition) is 1. The molecule has 1 saturated heterocycles. The van der Waals surface area contributed by atoms with Gasteiger partial charge in [0, 0.05) is 18.8 Å². The van der Waals surface area contributed by atoms with Crippen molar-refractivity contribution in [2.75, 3.05) is 6.61 Å². The normalized spacial score (nSPS) is 24.8. The molecule has 1 fully saturated rings. The quantitative estimate of drug-likeness (QED) is 0.103. The highest BCUT2D eigenvalue weighted by Crippen LogP contribution is 2.34. The summed E-state index contributed by atoms with van der Waals surface area (Å²) >= 11 is 17.1. The van der Waals surface area contributed by atoms with E-state index in [1.54, 1.807) is 24.3 Å². The summed E-state index contributed by atoms with van der Waals surface area (Å²) in [7, 11) is 0. The lowest BCUT2D eigenvalue weighted by Crippen LogP contribution is -2.61. The van der Waals surface area contributed by atoms with Crippen molar-refractivity contribution in [3.05, 3.63) is 46.3 Å². The average molecular weight is 524 g/mol. The Morgan fingerprint density at radius 3 is 2.36 bits per heavy atom. The van der Waals surface area contributed by atoms with Crippen molar-refractivity contribution in [1.29, 1.82) is 5.41 Å². The molecule has 0 bridgehead atoms. The summed E-state index contributed by atoms with van der Waals surface area (Å²) in [5.41, 5.74) is 9.90. The lowest BCUT2D eigenvalue weighted by molar-refractivity contribution is -0.261. The van der Waals surface area contributed by atoms with Crippen molar-refractivity contribution in [3.8, 4) is 0 Å². The Morgan fingerprint density at radius 2 is 1.82 bits per heavy atom. The summed E-state index contributed by atoms with van der Waals surface area (Å²) in [6.45, 7) is 2.03. The lowest BCUT2D eigenvalue weighted by atomic mass is 9.96. The highest BCUT2D eigenvalue weighted by molar-refractivity contribution is 6.76. The standard InChI is InChI=1S/C19H21Cl3N4O7/c1-10(27)29-9-13-15(31-11(2)28)16(30-8-12-6-4-3-5-7-12)14(25-26-24)17(32-13)33-18(23)19(20,21)22/h3-7,13-17,23H,8-9H2,1-2H3/t13-,14-,15+,16-,17-/m1/s1. The van der Waals surface area contributed by atoms with Gasteiger partial charge in [-0.1, -0.05) is 70.2 Å². The molecule has 0 amide bonds. The molecule has 1 aromatic carbocycles. The highest BCUT2D eigenvalue weighted by atomic mass is 35.6. The number of ether oxygens (including phenoxy) is 5. The van der Waals surface area contributed by atoms with Crippen molar-refractivity contribution in [2.45, 2.75) is 54.9 Å². The predicted molar refractivity (Wildman–Crippen MR) is 118 cm³/mol. The highest BCUT2D eigenvalue weighted by Gasteiger charge is 2.51. The van der Waals surface area contributed by atoms with Crippen molar-refractivity contribution >= 4 is 52.6 Å². The van der Waals surface area contributed by atoms with Crippen LogP contribution in [0.5, 0.6) is 0 Å². The maximum Gasteiger partial charge on any atom is 0.303 e. The molecule has 0 saturated carbocycles. The van der Waals surface area contributed by atoms with Crippen molar-refractivity contribution < 1.29 is 33.3 Å². The number of nitrogens with zero attached hydrogens (tertiary/aromatic N) is 3. The first-order valence-electron chi connectivity index (χ1n) is 9.51. The van der Waals surface area contributed by atoms with E-state index < -0.39 is 52.3 Å². The van der Waals surface area contributed by atoms with Crippen LogP contribution in [0.3, 0.4) is 0 Å². The summed E-state index contributed by atoms with van der Waals surface area (Å²) in [6, 6.07) is 7.74. The third-order valence-corrected chi connectivity index (χ3v) is 4.84. The zero-order valence-electron chi connectivity index (χ0n) is 17.5. The molecule has 1 aliphatic rings. The minimum absolute atomic E-state index is 0.0373. The number of esters is 2. The van der Waals surface area contributed by atoms with Crippen LogP contribution in [-0.2, 0) is 39.9 Å². The smallest absolute Gasteiger partial charge is 0.303 e. The third kappa shape index (κ3) is 8.22. The summed E-state index contributed by atoms with van der Waals surface area (Å²) in [5.74, 6) is -2.11. The van der Waals surface area contributed by atoms with Gasteiger partial charge in [-0.2, -0.15) is 0 Å². The van der Waals surface area contributed by atoms with Gasteiger partial charge in [0.05, 0.1) is 6.61 Å². The Hall–Kier alpha value is -2.27. The molecule has 0 aromatic heterocycles. The van der Waals surface area contributed by atoms with Gasteiger partial charge in [0.1, 0.15) is 24.9 Å². The van der Waals surface area contributed by atoms with Crippen LogP contribution in [0, 0.1) is 5.41 Å². The van der Waals surface area contributed by atoms with E-state index in [0.717, 1.165) is 5.56 Å². The van der Waals surface area contributed by atoms with E-state index in [9.17, 15) is 9.59 Å². The van der Waals surface area contributed by atoms with Gasteiger partial charge in [-0.3, -0.25) is 15.0 Å². The van der Waals surface area contributed by atoms with E-state index in [4.69, 9.17) is 69.4 Å². The molecule has 180 valence electrons. The molecule has 14 heteroatoms. The van der Waals surface area contributed by atoms with Gasteiger partial charge >= 0.3 is 11.9 Å². The molecular formula is C19H21Cl3N4O7. The minimum Gasteiger partial charge on any atom is -0.463 e. The number of halogens is 3. The second kappa shape index (κ2) is 12.3. The monoisotopic (exact) mass is 522 g/mol. The van der Waals surface area contributed by atoms with Crippen LogP contribution >= 0.6 is 34.8 Å². The average Bonchev–Trinajstić information content (AvgIpc) is 2.73. The van der Waals surface area contributed by atoms with Crippen LogP contribution < -0.4 is 0 Å². The second-order valence-electron chi connectivity index (χ2n) is 6.82. The fourth-order valence-corrected chi connectivity index (χ4v) is 3.11. The molecule has 0 aliphatic carbocycles. The van der Waals surface area contributed by atoms with Crippen molar-refractivity contribution in [3.63, 3.8) is 0 Å². The maximum atomic E-state index is 11.8. The van der Waals surface area contributed by atoms with E-state index in [1.807, 2.05) is 6.07 Å². The molecule has 11 nitrogen and oxygen atoms in total. The van der Waals surface area contributed by atoms with E-state index in [0.29, 0.717) is 0 Å². The first-order chi connectivity index (χ1) is 15.5. The third-order valence-electron chi connectivity index (χ3n) is 4.33. The molecule has 2 rings (SSSR count). The van der Waals surface area contributed by atoms with Gasteiger partial charge in [-0.15, -0.1) is 0 Å². The number of nitrogens with one attached hydrogen (secondary N) is 1. The van der Waals surface area contributed by atoms with E-state index >= 15 is 0 Å². The molecule has 5 atom stereocenters. The SMILES string of the molecule is CC(=O)OC[C@H]1O[C@H](OC(=N)C(Cl)(Cl)Cl)[C@H](N=[N+]=[N-])[C@@H](OCc2ccccc2)[C@H]1OC(C)=O. The Bertz CT molecular complexity index is 893. The molecule has 0 spiro atoms. The molecule has 33 heavy (non-hydrogen) atoms. The van der Waals surface area contributed by atoms with Crippen LogP contribution in [0.1, 0.15) is 19.4 Å². The molecule has 1 aromatic rings. The summed E-state index contributed by atoms with van der Waals surface area (Å²) in [6.07, 6.45) is -4.90. The zero-order valence-corrected chi connectivity index (χ0v) is 19.8. The molecule has 1 heterocycles. The van der Waals surface area contributed by atoms with Gasteiger partial charge < -0.3 is 23.7 Å². The predicted octanol–water partition coefficient (Wildman–Crippen LogP) is 3.83. The number of hydrogen-bond acceptors (Lipinski definition) is 9. The number of rotatable bonds is 8. The Kier molecular flexibility index (Phi) is 10.0. The summed E-state index contributed by atoms with van der Waals surface area (Å²) < 4.78 is 25.2. The Labute approximate surface area is 204 Å². The van der Waals surface area contributed by atoms with Crippen molar-refractivity contribution in [2.24, 2.45) is 5.11 Å².